The Bertz CT molecular complexity index is 966. The zero-order valence-electron chi connectivity index (χ0n) is 17.7. The molecule has 2 N–H and O–H groups in total. The quantitative estimate of drug-likeness (QED) is 0.515. The lowest BCUT2D eigenvalue weighted by molar-refractivity contribution is -0.142. The molecule has 0 amide bonds. The number of piperidine rings is 1. The van der Waals surface area contributed by atoms with Gasteiger partial charge in [-0.05, 0) is 43.2 Å². The first-order valence-corrected chi connectivity index (χ1v) is 11.7. The number of rotatable bonds is 9. The van der Waals surface area contributed by atoms with E-state index in [0.29, 0.717) is 18.7 Å². The predicted molar refractivity (Wildman–Crippen MR) is 120 cm³/mol. The zero-order valence-corrected chi connectivity index (χ0v) is 18.5. The molecule has 3 heterocycles. The number of H-pyrrole nitrogens is 1. The van der Waals surface area contributed by atoms with Gasteiger partial charge in [0, 0.05) is 25.2 Å². The van der Waals surface area contributed by atoms with Crippen molar-refractivity contribution < 1.29 is 9.90 Å². The fraction of sp³-hybridized carbons (Fsp3) is 0.500. The fourth-order valence-corrected chi connectivity index (χ4v) is 5.21. The zero-order chi connectivity index (χ0) is 21.6. The monoisotopic (exact) mass is 440 g/mol. The molecule has 2 unspecified atom stereocenters. The highest BCUT2D eigenvalue weighted by Gasteiger charge is 2.32. The van der Waals surface area contributed by atoms with Gasteiger partial charge in [-0.3, -0.25) is 4.79 Å². The van der Waals surface area contributed by atoms with E-state index in [0.717, 1.165) is 40.6 Å². The molecular weight excluding hydrogens is 412 g/mol. The molecule has 3 aromatic rings. The molecule has 2 atom stereocenters. The predicted octanol–water partition coefficient (Wildman–Crippen LogP) is 4.14. The number of thiazole rings is 1. The number of aromatic nitrogens is 5. The second-order valence-corrected chi connectivity index (χ2v) is 9.07. The summed E-state index contributed by atoms with van der Waals surface area (Å²) < 4.78 is 0. The number of anilines is 1. The van der Waals surface area contributed by atoms with Gasteiger partial charge in [0.15, 0.2) is 11.0 Å². The van der Waals surface area contributed by atoms with Crippen molar-refractivity contribution in [3.05, 3.63) is 41.9 Å². The van der Waals surface area contributed by atoms with Crippen LogP contribution in [0.4, 0.5) is 5.13 Å². The van der Waals surface area contributed by atoms with E-state index in [1.807, 2.05) is 13.1 Å². The fourth-order valence-electron chi connectivity index (χ4n) is 4.24. The van der Waals surface area contributed by atoms with Crippen LogP contribution in [0.25, 0.3) is 10.4 Å². The van der Waals surface area contributed by atoms with E-state index in [-0.39, 0.29) is 5.92 Å². The molecule has 0 radical (unpaired) electrons. The smallest absolute Gasteiger partial charge is 0.307 e. The summed E-state index contributed by atoms with van der Waals surface area (Å²) in [6, 6.07) is 8.30. The normalized spacial score (nSPS) is 16.2. The number of carboxylic acid groups (broad SMARTS) is 1. The van der Waals surface area contributed by atoms with E-state index >= 15 is 0 Å². The Labute approximate surface area is 185 Å². The van der Waals surface area contributed by atoms with Gasteiger partial charge in [-0.15, -0.1) is 10.2 Å². The molecule has 0 spiro atoms. The first-order chi connectivity index (χ1) is 15.2. The minimum absolute atomic E-state index is 0.323. The summed E-state index contributed by atoms with van der Waals surface area (Å²) in [5, 5.41) is 25.1. The van der Waals surface area contributed by atoms with Crippen molar-refractivity contribution in [1.29, 1.82) is 0 Å². The molecule has 1 aromatic carbocycles. The van der Waals surface area contributed by atoms with Crippen molar-refractivity contribution in [3.63, 3.8) is 0 Å². The highest BCUT2D eigenvalue weighted by molar-refractivity contribution is 7.18. The molecule has 1 saturated heterocycles. The summed E-state index contributed by atoms with van der Waals surface area (Å²) in [5.41, 5.74) is 2.19. The number of hydrogen-bond acceptors (Lipinski definition) is 7. The Balaban J connectivity index is 1.50. The number of hydrogen-bond donors (Lipinski definition) is 2. The SMILES string of the molecule is CCCC(C(=O)O)C(Cc1ccc(-c2cnc(N3CCCCC3)s2)cc1)c1nn[nH]n1. The number of carbonyl (C=O) groups is 1. The highest BCUT2D eigenvalue weighted by atomic mass is 32.1. The van der Waals surface area contributed by atoms with E-state index in [4.69, 9.17) is 0 Å². The summed E-state index contributed by atoms with van der Waals surface area (Å²) in [4.78, 5) is 20.1. The second kappa shape index (κ2) is 10.00. The van der Waals surface area contributed by atoms with Crippen molar-refractivity contribution in [3.8, 4) is 10.4 Å². The van der Waals surface area contributed by atoms with Crippen molar-refractivity contribution in [1.82, 2.24) is 25.6 Å². The minimum Gasteiger partial charge on any atom is -0.481 e. The Morgan fingerprint density at radius 2 is 2.00 bits per heavy atom. The van der Waals surface area contributed by atoms with Crippen LogP contribution in [0.1, 0.15) is 56.3 Å². The first-order valence-electron chi connectivity index (χ1n) is 10.9. The number of nitrogens with zero attached hydrogens (tertiary/aromatic N) is 5. The maximum atomic E-state index is 11.9. The topological polar surface area (TPSA) is 108 Å². The van der Waals surface area contributed by atoms with Crippen LogP contribution in [-0.2, 0) is 11.2 Å². The third-order valence-electron chi connectivity index (χ3n) is 5.91. The number of tetrazole rings is 1. The molecule has 8 nitrogen and oxygen atoms in total. The minimum atomic E-state index is -0.817. The van der Waals surface area contributed by atoms with Crippen LogP contribution in [0.15, 0.2) is 30.5 Å². The van der Waals surface area contributed by atoms with Gasteiger partial charge in [0.05, 0.1) is 10.8 Å². The standard InChI is InChI=1S/C22H28N6O2S/c1-2-6-17(21(29)30)18(20-24-26-27-25-20)13-15-7-9-16(10-8-15)19-14-23-22(31-19)28-11-4-3-5-12-28/h7-10,14,17-18H,2-6,11-13H2,1H3,(H,29,30)(H,24,25,26,27). The van der Waals surface area contributed by atoms with Gasteiger partial charge in [-0.1, -0.05) is 54.2 Å². The Kier molecular flexibility index (Phi) is 6.91. The van der Waals surface area contributed by atoms with Crippen LogP contribution in [0.3, 0.4) is 0 Å². The van der Waals surface area contributed by atoms with Crippen molar-refractivity contribution in [2.75, 3.05) is 18.0 Å². The van der Waals surface area contributed by atoms with Crippen LogP contribution in [-0.4, -0.2) is 49.8 Å². The van der Waals surface area contributed by atoms with Crippen molar-refractivity contribution >= 4 is 22.4 Å². The van der Waals surface area contributed by atoms with E-state index in [2.05, 4.69) is 54.8 Å². The van der Waals surface area contributed by atoms with E-state index in [9.17, 15) is 9.90 Å². The Hall–Kier alpha value is -2.81. The van der Waals surface area contributed by atoms with E-state index < -0.39 is 11.9 Å². The maximum absolute atomic E-state index is 11.9. The summed E-state index contributed by atoms with van der Waals surface area (Å²) >= 11 is 1.73. The van der Waals surface area contributed by atoms with Crippen LogP contribution in [0.5, 0.6) is 0 Å². The molecule has 1 aliphatic rings. The molecular formula is C22H28N6O2S. The van der Waals surface area contributed by atoms with Gasteiger partial charge in [0.2, 0.25) is 0 Å². The lowest BCUT2D eigenvalue weighted by atomic mass is 9.83. The van der Waals surface area contributed by atoms with Crippen LogP contribution >= 0.6 is 11.3 Å². The van der Waals surface area contributed by atoms with Crippen molar-refractivity contribution in [2.45, 2.75) is 51.4 Å². The number of carboxylic acids is 1. The molecule has 0 saturated carbocycles. The molecule has 1 fully saturated rings. The molecule has 9 heteroatoms. The molecule has 164 valence electrons. The third-order valence-corrected chi connectivity index (χ3v) is 7.02. The van der Waals surface area contributed by atoms with Crippen LogP contribution in [0, 0.1) is 5.92 Å². The first kappa shape index (κ1) is 21.4. The van der Waals surface area contributed by atoms with Gasteiger partial charge < -0.3 is 10.0 Å². The highest BCUT2D eigenvalue weighted by Crippen LogP contribution is 2.34. The largest absolute Gasteiger partial charge is 0.481 e. The maximum Gasteiger partial charge on any atom is 0.307 e. The van der Waals surface area contributed by atoms with E-state index in [1.54, 1.807) is 11.3 Å². The number of nitrogens with one attached hydrogen (secondary N) is 1. The lowest BCUT2D eigenvalue weighted by Gasteiger charge is -2.25. The average molecular weight is 441 g/mol. The van der Waals surface area contributed by atoms with Crippen LogP contribution < -0.4 is 4.90 Å². The molecule has 2 aromatic heterocycles. The molecule has 0 bridgehead atoms. The van der Waals surface area contributed by atoms with Gasteiger partial charge in [0.1, 0.15) is 0 Å². The second-order valence-electron chi connectivity index (χ2n) is 8.07. The lowest BCUT2D eigenvalue weighted by Crippen LogP contribution is -2.29. The number of benzene rings is 1. The number of aliphatic carboxylic acids is 1. The third kappa shape index (κ3) is 5.10. The summed E-state index contributed by atoms with van der Waals surface area (Å²) in [5.74, 6) is -1.23. The van der Waals surface area contributed by atoms with Gasteiger partial charge in [-0.2, -0.15) is 5.21 Å². The van der Waals surface area contributed by atoms with E-state index in [1.165, 1.54) is 19.3 Å². The Morgan fingerprint density at radius 3 is 2.65 bits per heavy atom. The van der Waals surface area contributed by atoms with Crippen LogP contribution in [0.2, 0.25) is 0 Å². The van der Waals surface area contributed by atoms with Crippen molar-refractivity contribution in [2.24, 2.45) is 5.92 Å². The van der Waals surface area contributed by atoms with Gasteiger partial charge in [-0.25, -0.2) is 4.98 Å². The molecule has 1 aliphatic heterocycles. The molecule has 4 rings (SSSR count). The van der Waals surface area contributed by atoms with Gasteiger partial charge in [0.25, 0.3) is 0 Å². The summed E-state index contributed by atoms with van der Waals surface area (Å²) in [6.07, 6.45) is 7.65. The number of aromatic amines is 1. The van der Waals surface area contributed by atoms with Gasteiger partial charge >= 0.3 is 5.97 Å². The average Bonchev–Trinajstić information content (AvgIpc) is 3.50. The summed E-state index contributed by atoms with van der Waals surface area (Å²) in [7, 11) is 0. The molecule has 31 heavy (non-hydrogen) atoms. The summed E-state index contributed by atoms with van der Waals surface area (Å²) in [6.45, 7) is 4.17. The Morgan fingerprint density at radius 1 is 1.23 bits per heavy atom. The molecule has 0 aliphatic carbocycles.